The van der Waals surface area contributed by atoms with E-state index in [2.05, 4.69) is 28.7 Å². The van der Waals surface area contributed by atoms with Gasteiger partial charge in [0, 0.05) is 5.56 Å². The quantitative estimate of drug-likeness (QED) is 0.777. The van der Waals surface area contributed by atoms with Gasteiger partial charge >= 0.3 is 0 Å². The van der Waals surface area contributed by atoms with Crippen molar-refractivity contribution in [3.8, 4) is 11.3 Å². The maximum atomic E-state index is 5.73. The van der Waals surface area contributed by atoms with Crippen molar-refractivity contribution in [3.63, 3.8) is 0 Å². The second-order valence-electron chi connectivity index (χ2n) is 3.25. The molecule has 0 atom stereocenters. The van der Waals surface area contributed by atoms with Gasteiger partial charge in [-0.05, 0) is 25.0 Å². The standard InChI is InChI=1S/C10H11N3S/c1-6-4-3-5-8(7(6)2)9-10(11)13-14-12-9/h3-5H,1-2H3,(H2,11,13). The Morgan fingerprint density at radius 1 is 1.21 bits per heavy atom. The zero-order valence-electron chi connectivity index (χ0n) is 8.11. The molecule has 0 spiro atoms. The largest absolute Gasteiger partial charge is 0.381 e. The summed E-state index contributed by atoms with van der Waals surface area (Å²) in [6.45, 7) is 4.15. The molecule has 72 valence electrons. The lowest BCUT2D eigenvalue weighted by Crippen LogP contribution is -1.92. The van der Waals surface area contributed by atoms with Crippen molar-refractivity contribution in [1.82, 2.24) is 8.75 Å². The van der Waals surface area contributed by atoms with Crippen LogP contribution in [-0.2, 0) is 0 Å². The van der Waals surface area contributed by atoms with E-state index < -0.39 is 0 Å². The van der Waals surface area contributed by atoms with E-state index in [0.29, 0.717) is 5.82 Å². The van der Waals surface area contributed by atoms with Gasteiger partial charge < -0.3 is 5.73 Å². The van der Waals surface area contributed by atoms with E-state index in [4.69, 9.17) is 5.73 Å². The van der Waals surface area contributed by atoms with E-state index >= 15 is 0 Å². The van der Waals surface area contributed by atoms with Crippen molar-refractivity contribution in [2.24, 2.45) is 0 Å². The van der Waals surface area contributed by atoms with Gasteiger partial charge in [-0.2, -0.15) is 8.75 Å². The number of benzene rings is 1. The Labute approximate surface area is 86.9 Å². The molecule has 0 radical (unpaired) electrons. The summed E-state index contributed by atoms with van der Waals surface area (Å²) in [5.74, 6) is 0.517. The first kappa shape index (κ1) is 9.15. The molecule has 4 heteroatoms. The Bertz CT molecular complexity index is 462. The number of nitrogens with two attached hydrogens (primary N) is 1. The van der Waals surface area contributed by atoms with E-state index in [9.17, 15) is 0 Å². The minimum Gasteiger partial charge on any atom is -0.381 e. The van der Waals surface area contributed by atoms with Crippen LogP contribution < -0.4 is 5.73 Å². The van der Waals surface area contributed by atoms with Crippen LogP contribution in [0, 0.1) is 13.8 Å². The van der Waals surface area contributed by atoms with Crippen LogP contribution in [-0.4, -0.2) is 8.75 Å². The number of anilines is 1. The van der Waals surface area contributed by atoms with Crippen molar-refractivity contribution in [1.29, 1.82) is 0 Å². The number of hydrogen-bond donors (Lipinski definition) is 1. The monoisotopic (exact) mass is 205 g/mol. The molecule has 14 heavy (non-hydrogen) atoms. The maximum Gasteiger partial charge on any atom is 0.165 e. The molecule has 0 aliphatic heterocycles. The normalized spacial score (nSPS) is 10.4. The Kier molecular flexibility index (Phi) is 2.21. The summed E-state index contributed by atoms with van der Waals surface area (Å²) in [5.41, 5.74) is 10.1. The molecule has 3 nitrogen and oxygen atoms in total. The van der Waals surface area contributed by atoms with Crippen LogP contribution in [0.3, 0.4) is 0 Å². The molecule has 2 N–H and O–H groups in total. The highest BCUT2D eigenvalue weighted by molar-refractivity contribution is 6.99. The predicted octanol–water partition coefficient (Wildman–Crippen LogP) is 2.40. The van der Waals surface area contributed by atoms with E-state index in [1.165, 1.54) is 11.1 Å². The number of nitrogen functional groups attached to an aromatic ring is 1. The zero-order chi connectivity index (χ0) is 10.1. The van der Waals surface area contributed by atoms with Gasteiger partial charge in [-0.25, -0.2) is 0 Å². The molecule has 0 aliphatic rings. The molecule has 0 fully saturated rings. The third-order valence-electron chi connectivity index (χ3n) is 2.37. The van der Waals surface area contributed by atoms with E-state index in [1.807, 2.05) is 12.1 Å². The van der Waals surface area contributed by atoms with E-state index in [1.54, 1.807) is 0 Å². The lowest BCUT2D eigenvalue weighted by Gasteiger charge is -2.05. The average molecular weight is 205 g/mol. The summed E-state index contributed by atoms with van der Waals surface area (Å²) < 4.78 is 8.17. The van der Waals surface area contributed by atoms with Crippen LogP contribution in [0.2, 0.25) is 0 Å². The molecule has 2 aromatic rings. The second kappa shape index (κ2) is 3.38. The van der Waals surface area contributed by atoms with Gasteiger partial charge in [0.1, 0.15) is 5.69 Å². The maximum absolute atomic E-state index is 5.73. The number of aromatic nitrogens is 2. The Morgan fingerprint density at radius 2 is 2.00 bits per heavy atom. The highest BCUT2D eigenvalue weighted by Gasteiger charge is 2.10. The molecule has 1 heterocycles. The Morgan fingerprint density at radius 3 is 2.64 bits per heavy atom. The Hall–Kier alpha value is -1.42. The molecule has 0 saturated heterocycles. The van der Waals surface area contributed by atoms with Crippen LogP contribution in [0.25, 0.3) is 11.3 Å². The summed E-state index contributed by atoms with van der Waals surface area (Å²) >= 11 is 1.15. The SMILES string of the molecule is Cc1cccc(-c2nsnc2N)c1C. The zero-order valence-corrected chi connectivity index (χ0v) is 8.93. The second-order valence-corrected chi connectivity index (χ2v) is 3.77. The fourth-order valence-electron chi connectivity index (χ4n) is 1.39. The number of hydrogen-bond acceptors (Lipinski definition) is 4. The third kappa shape index (κ3) is 1.37. The molecule has 2 rings (SSSR count). The minimum atomic E-state index is 0.517. The van der Waals surface area contributed by atoms with Crippen LogP contribution in [0.4, 0.5) is 5.82 Å². The molecular weight excluding hydrogens is 194 g/mol. The van der Waals surface area contributed by atoms with Crippen molar-refractivity contribution < 1.29 is 0 Å². The molecule has 1 aromatic heterocycles. The summed E-state index contributed by atoms with van der Waals surface area (Å²) in [6.07, 6.45) is 0. The van der Waals surface area contributed by atoms with Gasteiger partial charge in [0.25, 0.3) is 0 Å². The molecule has 1 aromatic carbocycles. The fraction of sp³-hybridized carbons (Fsp3) is 0.200. The van der Waals surface area contributed by atoms with Crippen molar-refractivity contribution >= 4 is 17.5 Å². The van der Waals surface area contributed by atoms with E-state index in [0.717, 1.165) is 23.0 Å². The van der Waals surface area contributed by atoms with Gasteiger partial charge in [-0.15, -0.1) is 0 Å². The van der Waals surface area contributed by atoms with Gasteiger partial charge in [0.2, 0.25) is 0 Å². The van der Waals surface area contributed by atoms with Crippen molar-refractivity contribution in [2.75, 3.05) is 5.73 Å². The Balaban J connectivity index is 2.63. The summed E-state index contributed by atoms with van der Waals surface area (Å²) in [6, 6.07) is 6.11. The average Bonchev–Trinajstić information content (AvgIpc) is 2.57. The van der Waals surface area contributed by atoms with Crippen molar-refractivity contribution in [3.05, 3.63) is 29.3 Å². The highest BCUT2D eigenvalue weighted by atomic mass is 32.1. The van der Waals surface area contributed by atoms with Gasteiger partial charge in [-0.3, -0.25) is 0 Å². The molecule has 0 aliphatic carbocycles. The molecule has 0 bridgehead atoms. The summed E-state index contributed by atoms with van der Waals surface area (Å²) in [7, 11) is 0. The number of nitrogens with zero attached hydrogens (tertiary/aromatic N) is 2. The number of aryl methyl sites for hydroxylation is 1. The predicted molar refractivity (Wildman–Crippen MR) is 59.2 cm³/mol. The third-order valence-corrected chi connectivity index (χ3v) is 2.92. The van der Waals surface area contributed by atoms with Gasteiger partial charge in [0.15, 0.2) is 5.82 Å². The van der Waals surface area contributed by atoms with Crippen LogP contribution in [0.15, 0.2) is 18.2 Å². The molecular formula is C10H11N3S. The fourth-order valence-corrected chi connectivity index (χ4v) is 1.88. The lowest BCUT2D eigenvalue weighted by atomic mass is 10.0. The smallest absolute Gasteiger partial charge is 0.165 e. The van der Waals surface area contributed by atoms with Crippen LogP contribution in [0.5, 0.6) is 0 Å². The highest BCUT2D eigenvalue weighted by Crippen LogP contribution is 2.27. The lowest BCUT2D eigenvalue weighted by molar-refractivity contribution is 1.32. The van der Waals surface area contributed by atoms with Gasteiger partial charge in [0.05, 0.1) is 11.7 Å². The molecule has 0 unspecified atom stereocenters. The van der Waals surface area contributed by atoms with Gasteiger partial charge in [-0.1, -0.05) is 18.2 Å². The number of rotatable bonds is 1. The van der Waals surface area contributed by atoms with E-state index in [-0.39, 0.29) is 0 Å². The minimum absolute atomic E-state index is 0.517. The topological polar surface area (TPSA) is 51.8 Å². The van der Waals surface area contributed by atoms with Crippen molar-refractivity contribution in [2.45, 2.75) is 13.8 Å². The van der Waals surface area contributed by atoms with Crippen LogP contribution in [0.1, 0.15) is 11.1 Å². The first-order chi connectivity index (χ1) is 6.70. The summed E-state index contributed by atoms with van der Waals surface area (Å²) in [4.78, 5) is 0. The first-order valence-corrected chi connectivity index (χ1v) is 5.08. The van der Waals surface area contributed by atoms with Crippen LogP contribution >= 0.6 is 11.7 Å². The molecule has 0 saturated carbocycles. The summed E-state index contributed by atoms with van der Waals surface area (Å²) in [5, 5.41) is 0. The first-order valence-electron chi connectivity index (χ1n) is 4.35. The molecule has 0 amide bonds.